The van der Waals surface area contributed by atoms with Crippen molar-refractivity contribution in [2.24, 2.45) is 0 Å². The van der Waals surface area contributed by atoms with Crippen LogP contribution in [0, 0.1) is 0 Å². The second-order valence-corrected chi connectivity index (χ2v) is 6.96. The molecule has 1 aromatic carbocycles. The van der Waals surface area contributed by atoms with Crippen molar-refractivity contribution in [3.8, 4) is 0 Å². The summed E-state index contributed by atoms with van der Waals surface area (Å²) >= 11 is 11.9. The van der Waals surface area contributed by atoms with Gasteiger partial charge in [0.2, 0.25) is 5.95 Å². The first kappa shape index (κ1) is 18.2. The van der Waals surface area contributed by atoms with E-state index in [0.29, 0.717) is 59.9 Å². The standard InChI is InChI=1S/C17H17Cl2N5O3/c18-12-2-1-10(5-13(12)19)6-20-17-22-14-7-21-24(15(14)16(25)23-17)8-11-9-26-3-4-27-11/h1-2,5,7,11H,3-4,6,8-9H2,(H2,20,22,23,25). The van der Waals surface area contributed by atoms with E-state index in [1.165, 1.54) is 0 Å². The van der Waals surface area contributed by atoms with Crippen LogP contribution in [0.25, 0.3) is 11.0 Å². The SMILES string of the molecule is O=c1[nH]c(NCc2ccc(Cl)c(Cl)c2)nc2cnn(CC3COCCO3)c12. The molecule has 0 saturated carbocycles. The van der Waals surface area contributed by atoms with Gasteiger partial charge in [-0.25, -0.2) is 4.98 Å². The van der Waals surface area contributed by atoms with Crippen molar-refractivity contribution in [2.75, 3.05) is 25.1 Å². The molecule has 8 nitrogen and oxygen atoms in total. The Morgan fingerprint density at radius 3 is 2.96 bits per heavy atom. The molecular formula is C17H17Cl2N5O3. The highest BCUT2D eigenvalue weighted by Crippen LogP contribution is 2.23. The summed E-state index contributed by atoms with van der Waals surface area (Å²) in [5, 5.41) is 8.32. The molecule has 1 aliphatic rings. The monoisotopic (exact) mass is 409 g/mol. The fourth-order valence-electron chi connectivity index (χ4n) is 2.90. The molecular weight excluding hydrogens is 393 g/mol. The van der Waals surface area contributed by atoms with Crippen LogP contribution in [0.4, 0.5) is 5.95 Å². The lowest BCUT2D eigenvalue weighted by Gasteiger charge is -2.22. The second kappa shape index (κ2) is 7.85. The fourth-order valence-corrected chi connectivity index (χ4v) is 3.22. The number of nitrogens with zero attached hydrogens (tertiary/aromatic N) is 3. The Bertz CT molecular complexity index is 1010. The second-order valence-electron chi connectivity index (χ2n) is 6.14. The van der Waals surface area contributed by atoms with Crippen molar-refractivity contribution < 1.29 is 9.47 Å². The minimum atomic E-state index is -0.272. The molecule has 1 fully saturated rings. The molecule has 0 bridgehead atoms. The highest BCUT2D eigenvalue weighted by molar-refractivity contribution is 6.42. The van der Waals surface area contributed by atoms with Crippen LogP contribution in [0.3, 0.4) is 0 Å². The lowest BCUT2D eigenvalue weighted by atomic mass is 10.2. The zero-order valence-electron chi connectivity index (χ0n) is 14.2. The Kier molecular flexibility index (Phi) is 5.31. The van der Waals surface area contributed by atoms with Crippen LogP contribution < -0.4 is 10.9 Å². The van der Waals surface area contributed by atoms with Gasteiger partial charge in [-0.05, 0) is 17.7 Å². The number of hydrogen-bond donors (Lipinski definition) is 2. The van der Waals surface area contributed by atoms with E-state index in [4.69, 9.17) is 32.7 Å². The summed E-state index contributed by atoms with van der Waals surface area (Å²) in [5.41, 5.74) is 1.56. The lowest BCUT2D eigenvalue weighted by Crippen LogP contribution is -2.33. The van der Waals surface area contributed by atoms with E-state index in [-0.39, 0.29) is 11.7 Å². The van der Waals surface area contributed by atoms with Gasteiger partial charge < -0.3 is 14.8 Å². The van der Waals surface area contributed by atoms with Gasteiger partial charge in [-0.15, -0.1) is 0 Å². The number of H-pyrrole nitrogens is 1. The van der Waals surface area contributed by atoms with Crippen molar-refractivity contribution >= 4 is 40.2 Å². The Balaban J connectivity index is 1.51. The van der Waals surface area contributed by atoms with E-state index in [2.05, 4.69) is 20.4 Å². The van der Waals surface area contributed by atoms with Crippen molar-refractivity contribution in [3.05, 3.63) is 50.4 Å². The van der Waals surface area contributed by atoms with Crippen LogP contribution in [0.15, 0.2) is 29.2 Å². The Labute approximate surface area is 164 Å². The minimum Gasteiger partial charge on any atom is -0.376 e. The maximum atomic E-state index is 12.5. The number of benzene rings is 1. The summed E-state index contributed by atoms with van der Waals surface area (Å²) in [5.74, 6) is 0.357. The van der Waals surface area contributed by atoms with E-state index >= 15 is 0 Å². The van der Waals surface area contributed by atoms with E-state index in [1.807, 2.05) is 6.07 Å². The summed E-state index contributed by atoms with van der Waals surface area (Å²) in [4.78, 5) is 19.7. The van der Waals surface area contributed by atoms with Crippen LogP contribution in [0.5, 0.6) is 0 Å². The highest BCUT2D eigenvalue weighted by atomic mass is 35.5. The molecule has 0 aliphatic carbocycles. The number of ether oxygens (including phenoxy) is 2. The van der Waals surface area contributed by atoms with Gasteiger partial charge in [-0.3, -0.25) is 14.5 Å². The average molecular weight is 410 g/mol. The zero-order valence-corrected chi connectivity index (χ0v) is 15.8. The maximum absolute atomic E-state index is 12.5. The van der Waals surface area contributed by atoms with Gasteiger partial charge in [0.1, 0.15) is 11.6 Å². The number of nitrogens with one attached hydrogen (secondary N) is 2. The number of rotatable bonds is 5. The molecule has 2 N–H and O–H groups in total. The lowest BCUT2D eigenvalue weighted by molar-refractivity contribution is -0.0942. The molecule has 1 unspecified atom stereocenters. The topological polar surface area (TPSA) is 94.1 Å². The normalized spacial score (nSPS) is 17.3. The van der Waals surface area contributed by atoms with Crippen molar-refractivity contribution in [1.82, 2.24) is 19.7 Å². The van der Waals surface area contributed by atoms with Gasteiger partial charge >= 0.3 is 0 Å². The zero-order chi connectivity index (χ0) is 18.8. The average Bonchev–Trinajstić information content (AvgIpc) is 3.07. The summed E-state index contributed by atoms with van der Waals surface area (Å²) in [6.07, 6.45) is 1.44. The number of anilines is 1. The first-order chi connectivity index (χ1) is 13.1. The van der Waals surface area contributed by atoms with E-state index in [9.17, 15) is 4.79 Å². The summed E-state index contributed by atoms with van der Waals surface area (Å²) in [7, 11) is 0. The summed E-state index contributed by atoms with van der Waals surface area (Å²) in [6.45, 7) is 2.49. The number of aromatic nitrogens is 4. The summed E-state index contributed by atoms with van der Waals surface area (Å²) < 4.78 is 12.6. The van der Waals surface area contributed by atoms with Crippen molar-refractivity contribution in [3.63, 3.8) is 0 Å². The van der Waals surface area contributed by atoms with Gasteiger partial charge in [-0.2, -0.15) is 5.10 Å². The molecule has 0 radical (unpaired) electrons. The Morgan fingerprint density at radius 1 is 1.30 bits per heavy atom. The molecule has 0 amide bonds. The predicted molar refractivity (Wildman–Crippen MR) is 102 cm³/mol. The Morgan fingerprint density at radius 2 is 2.19 bits per heavy atom. The van der Waals surface area contributed by atoms with E-state index < -0.39 is 0 Å². The van der Waals surface area contributed by atoms with Crippen molar-refractivity contribution in [1.29, 1.82) is 0 Å². The maximum Gasteiger partial charge on any atom is 0.278 e. The van der Waals surface area contributed by atoms with Crippen LogP contribution >= 0.6 is 23.2 Å². The van der Waals surface area contributed by atoms with E-state index in [1.54, 1.807) is 23.0 Å². The molecule has 2 aromatic heterocycles. The molecule has 142 valence electrons. The molecule has 4 rings (SSSR count). The third-order valence-corrected chi connectivity index (χ3v) is 4.94. The van der Waals surface area contributed by atoms with E-state index in [0.717, 1.165) is 5.56 Å². The smallest absolute Gasteiger partial charge is 0.278 e. The predicted octanol–water partition coefficient (Wildman–Crippen LogP) is 2.45. The number of fused-ring (bicyclic) bond motifs is 1. The first-order valence-corrected chi connectivity index (χ1v) is 9.19. The van der Waals surface area contributed by atoms with Crippen molar-refractivity contribution in [2.45, 2.75) is 19.2 Å². The molecule has 27 heavy (non-hydrogen) atoms. The van der Waals surface area contributed by atoms with Gasteiger partial charge in [0.25, 0.3) is 5.56 Å². The quantitative estimate of drug-likeness (QED) is 0.671. The van der Waals surface area contributed by atoms with Gasteiger partial charge in [0.05, 0.1) is 42.6 Å². The molecule has 1 atom stereocenters. The molecule has 1 aliphatic heterocycles. The highest BCUT2D eigenvalue weighted by Gasteiger charge is 2.18. The minimum absolute atomic E-state index is 0.131. The number of hydrogen-bond acceptors (Lipinski definition) is 6. The summed E-state index contributed by atoms with van der Waals surface area (Å²) in [6, 6.07) is 5.33. The Hall–Kier alpha value is -2.13. The first-order valence-electron chi connectivity index (χ1n) is 8.43. The number of halogens is 2. The van der Waals surface area contributed by atoms with Crippen LogP contribution in [-0.2, 0) is 22.6 Å². The van der Waals surface area contributed by atoms with Gasteiger partial charge in [0, 0.05) is 6.54 Å². The van der Waals surface area contributed by atoms with Crippen LogP contribution in [-0.4, -0.2) is 45.7 Å². The fraction of sp³-hybridized carbons (Fsp3) is 0.353. The molecule has 10 heteroatoms. The van der Waals surface area contributed by atoms with Gasteiger partial charge in [0.15, 0.2) is 5.52 Å². The third kappa shape index (κ3) is 4.08. The molecule has 3 aromatic rings. The third-order valence-electron chi connectivity index (χ3n) is 4.20. The molecule has 1 saturated heterocycles. The number of aromatic amines is 1. The van der Waals surface area contributed by atoms with Gasteiger partial charge in [-0.1, -0.05) is 29.3 Å². The molecule has 0 spiro atoms. The van der Waals surface area contributed by atoms with Crippen LogP contribution in [0.1, 0.15) is 5.56 Å². The molecule has 3 heterocycles. The largest absolute Gasteiger partial charge is 0.376 e. The van der Waals surface area contributed by atoms with Crippen LogP contribution in [0.2, 0.25) is 10.0 Å².